The van der Waals surface area contributed by atoms with E-state index in [2.05, 4.69) is 16.4 Å². The summed E-state index contributed by atoms with van der Waals surface area (Å²) < 4.78 is 0. The van der Waals surface area contributed by atoms with Crippen LogP contribution in [0.25, 0.3) is 0 Å². The van der Waals surface area contributed by atoms with E-state index in [1.165, 1.54) is 11.8 Å². The molecule has 0 bridgehead atoms. The Bertz CT molecular complexity index is 891. The highest BCUT2D eigenvalue weighted by molar-refractivity contribution is 8.00. The molecule has 1 heterocycles. The molecule has 6 heteroatoms. The Balaban J connectivity index is 1.80. The minimum atomic E-state index is -0.326. The Labute approximate surface area is 163 Å². The maximum Gasteiger partial charge on any atom is 0.237 e. The standard InChI is InChI=1S/C20H20ClN3OS/c1-3-18(19(25)23-17-10-15(21)8-7-12(17)2)26-20-14(11-22)9-13-5-4-6-16(13)24-20/h7-10,18H,3-6H2,1-2H3,(H,23,25). The van der Waals surface area contributed by atoms with Gasteiger partial charge in [0, 0.05) is 16.4 Å². The number of amides is 1. The van der Waals surface area contributed by atoms with Gasteiger partial charge in [0.25, 0.3) is 0 Å². The molecule has 4 nitrogen and oxygen atoms in total. The van der Waals surface area contributed by atoms with Crippen molar-refractivity contribution in [1.29, 1.82) is 5.26 Å². The molecule has 0 radical (unpaired) electrons. The quantitative estimate of drug-likeness (QED) is 0.742. The number of hydrogen-bond donors (Lipinski definition) is 1. The molecule has 1 aliphatic carbocycles. The van der Waals surface area contributed by atoms with Gasteiger partial charge in [-0.2, -0.15) is 5.26 Å². The van der Waals surface area contributed by atoms with E-state index >= 15 is 0 Å². The number of hydrogen-bond acceptors (Lipinski definition) is 4. The maximum atomic E-state index is 12.8. The first kappa shape index (κ1) is 18.8. The highest BCUT2D eigenvalue weighted by Crippen LogP contribution is 2.32. The summed E-state index contributed by atoms with van der Waals surface area (Å²) in [6, 6.07) is 9.59. The molecule has 0 fully saturated rings. The minimum absolute atomic E-state index is 0.103. The van der Waals surface area contributed by atoms with Crippen LogP contribution in [0.2, 0.25) is 5.02 Å². The average Bonchev–Trinajstić information content (AvgIpc) is 3.09. The summed E-state index contributed by atoms with van der Waals surface area (Å²) in [7, 11) is 0. The molecule has 3 rings (SSSR count). The molecule has 134 valence electrons. The van der Waals surface area contributed by atoms with Crippen LogP contribution in [0.5, 0.6) is 0 Å². The van der Waals surface area contributed by atoms with E-state index in [9.17, 15) is 10.1 Å². The summed E-state index contributed by atoms with van der Waals surface area (Å²) in [5.41, 5.74) is 4.45. The Hall–Kier alpha value is -2.03. The molecule has 2 aromatic rings. The fourth-order valence-electron chi connectivity index (χ4n) is 3.02. The molecule has 1 aliphatic rings. The molecule has 1 aromatic carbocycles. The SMILES string of the molecule is CCC(Sc1nc2c(cc1C#N)CCC2)C(=O)Nc1cc(Cl)ccc1C. The second-order valence-electron chi connectivity index (χ2n) is 6.38. The summed E-state index contributed by atoms with van der Waals surface area (Å²) in [5, 5.41) is 13.3. The highest BCUT2D eigenvalue weighted by atomic mass is 35.5. The van der Waals surface area contributed by atoms with Gasteiger partial charge >= 0.3 is 0 Å². The van der Waals surface area contributed by atoms with Crippen molar-refractivity contribution in [2.75, 3.05) is 5.32 Å². The minimum Gasteiger partial charge on any atom is -0.325 e. The first-order valence-electron chi connectivity index (χ1n) is 8.68. The number of rotatable bonds is 5. The molecular formula is C20H20ClN3OS. The van der Waals surface area contributed by atoms with Crippen molar-refractivity contribution in [3.63, 3.8) is 0 Å². The second kappa shape index (κ2) is 8.11. The number of aryl methyl sites for hydroxylation is 3. The molecule has 26 heavy (non-hydrogen) atoms. The third kappa shape index (κ3) is 4.03. The monoisotopic (exact) mass is 385 g/mol. The Kier molecular flexibility index (Phi) is 5.85. The lowest BCUT2D eigenvalue weighted by Gasteiger charge is -2.17. The van der Waals surface area contributed by atoms with E-state index in [4.69, 9.17) is 11.6 Å². The van der Waals surface area contributed by atoms with Gasteiger partial charge in [0.05, 0.1) is 10.8 Å². The molecule has 1 aromatic heterocycles. The number of carbonyl (C=O) groups is 1. The van der Waals surface area contributed by atoms with Crippen LogP contribution < -0.4 is 5.32 Å². The van der Waals surface area contributed by atoms with Crippen LogP contribution in [0.1, 0.15) is 42.1 Å². The zero-order chi connectivity index (χ0) is 18.7. The lowest BCUT2D eigenvalue weighted by atomic mass is 10.2. The van der Waals surface area contributed by atoms with Crippen LogP contribution in [-0.2, 0) is 17.6 Å². The molecule has 1 unspecified atom stereocenters. The van der Waals surface area contributed by atoms with Gasteiger partial charge in [0.15, 0.2) is 0 Å². The fraction of sp³-hybridized carbons (Fsp3) is 0.350. The summed E-state index contributed by atoms with van der Waals surface area (Å²) in [6.07, 6.45) is 3.64. The summed E-state index contributed by atoms with van der Waals surface area (Å²) in [5.74, 6) is -0.103. The number of benzene rings is 1. The van der Waals surface area contributed by atoms with Crippen LogP contribution in [0.4, 0.5) is 5.69 Å². The van der Waals surface area contributed by atoms with Gasteiger partial charge in [0.1, 0.15) is 11.1 Å². The third-order valence-electron chi connectivity index (χ3n) is 4.51. The lowest BCUT2D eigenvalue weighted by molar-refractivity contribution is -0.115. The number of carbonyl (C=O) groups excluding carboxylic acids is 1. The van der Waals surface area contributed by atoms with Gasteiger partial charge in [0.2, 0.25) is 5.91 Å². The van der Waals surface area contributed by atoms with Crippen LogP contribution in [0.3, 0.4) is 0 Å². The number of nitrogens with one attached hydrogen (secondary N) is 1. The summed E-state index contributed by atoms with van der Waals surface area (Å²) in [6.45, 7) is 3.89. The third-order valence-corrected chi connectivity index (χ3v) is 6.11. The number of aromatic nitrogens is 1. The second-order valence-corrected chi connectivity index (χ2v) is 8.00. The lowest BCUT2D eigenvalue weighted by Crippen LogP contribution is -2.25. The number of halogens is 1. The van der Waals surface area contributed by atoms with Crippen LogP contribution in [0, 0.1) is 18.3 Å². The number of thioether (sulfide) groups is 1. The van der Waals surface area contributed by atoms with E-state index in [1.54, 1.807) is 12.1 Å². The van der Waals surface area contributed by atoms with Gasteiger partial charge in [-0.25, -0.2) is 4.98 Å². The van der Waals surface area contributed by atoms with E-state index in [1.807, 2.05) is 26.0 Å². The van der Waals surface area contributed by atoms with E-state index in [0.717, 1.165) is 36.1 Å². The van der Waals surface area contributed by atoms with Crippen LogP contribution in [-0.4, -0.2) is 16.1 Å². The van der Waals surface area contributed by atoms with Gasteiger partial charge in [-0.1, -0.05) is 36.4 Å². The van der Waals surface area contributed by atoms with Gasteiger partial charge in [-0.3, -0.25) is 4.79 Å². The first-order valence-corrected chi connectivity index (χ1v) is 9.94. The number of pyridine rings is 1. The van der Waals surface area contributed by atoms with Crippen LogP contribution >= 0.6 is 23.4 Å². The van der Waals surface area contributed by atoms with Crippen molar-refractivity contribution in [2.24, 2.45) is 0 Å². The summed E-state index contributed by atoms with van der Waals surface area (Å²) >= 11 is 7.40. The van der Waals surface area contributed by atoms with E-state index in [0.29, 0.717) is 27.7 Å². The van der Waals surface area contributed by atoms with E-state index < -0.39 is 0 Å². The normalized spacial score (nSPS) is 13.8. The van der Waals surface area contributed by atoms with Crippen molar-refractivity contribution < 1.29 is 4.79 Å². The number of fused-ring (bicyclic) bond motifs is 1. The number of nitrogens with zero attached hydrogens (tertiary/aromatic N) is 2. The predicted octanol–water partition coefficient (Wildman–Crippen LogP) is 4.91. The van der Waals surface area contributed by atoms with Gasteiger partial charge in [-0.15, -0.1) is 0 Å². The molecule has 1 atom stereocenters. The smallest absolute Gasteiger partial charge is 0.237 e. The predicted molar refractivity (Wildman–Crippen MR) is 106 cm³/mol. The van der Waals surface area contributed by atoms with Crippen molar-refractivity contribution in [2.45, 2.75) is 49.8 Å². The fourth-order valence-corrected chi connectivity index (χ4v) is 4.19. The summed E-state index contributed by atoms with van der Waals surface area (Å²) in [4.78, 5) is 17.4. The van der Waals surface area contributed by atoms with Crippen molar-refractivity contribution in [3.05, 3.63) is 51.7 Å². The maximum absolute atomic E-state index is 12.8. The molecule has 0 spiro atoms. The molecule has 0 aliphatic heterocycles. The van der Waals surface area contributed by atoms with Gasteiger partial charge in [-0.05, 0) is 61.9 Å². The first-order chi connectivity index (χ1) is 12.5. The molecular weight excluding hydrogens is 366 g/mol. The topological polar surface area (TPSA) is 65.8 Å². The molecule has 0 saturated carbocycles. The number of anilines is 1. The van der Waals surface area contributed by atoms with Crippen LogP contribution in [0.15, 0.2) is 29.3 Å². The van der Waals surface area contributed by atoms with E-state index in [-0.39, 0.29) is 11.2 Å². The zero-order valence-electron chi connectivity index (χ0n) is 14.8. The Morgan fingerprint density at radius 3 is 2.96 bits per heavy atom. The number of nitriles is 1. The van der Waals surface area contributed by atoms with Crippen molar-refractivity contribution in [3.8, 4) is 6.07 Å². The average molecular weight is 386 g/mol. The van der Waals surface area contributed by atoms with Crippen molar-refractivity contribution >= 4 is 35.0 Å². The molecule has 1 amide bonds. The largest absolute Gasteiger partial charge is 0.325 e. The molecule has 1 N–H and O–H groups in total. The van der Waals surface area contributed by atoms with Crippen molar-refractivity contribution in [1.82, 2.24) is 4.98 Å². The highest BCUT2D eigenvalue weighted by Gasteiger charge is 2.23. The molecule has 0 saturated heterocycles. The Morgan fingerprint density at radius 1 is 1.42 bits per heavy atom. The Morgan fingerprint density at radius 2 is 2.23 bits per heavy atom. The van der Waals surface area contributed by atoms with Gasteiger partial charge < -0.3 is 5.32 Å². The zero-order valence-corrected chi connectivity index (χ0v) is 16.4.